The molecular weight excluding hydrogens is 531 g/mol. The van der Waals surface area contributed by atoms with Gasteiger partial charge in [0.1, 0.15) is 5.75 Å². The zero-order valence-electron chi connectivity index (χ0n) is 23.7. The van der Waals surface area contributed by atoms with Gasteiger partial charge in [-0.05, 0) is 67.1 Å². The molecule has 212 valence electrons. The Morgan fingerprint density at radius 3 is 2.67 bits per heavy atom. The van der Waals surface area contributed by atoms with Crippen LogP contribution >= 0.6 is 23.2 Å². The fourth-order valence-corrected chi connectivity index (χ4v) is 7.10. The molecule has 4 atom stereocenters. The van der Waals surface area contributed by atoms with Crippen molar-refractivity contribution in [2.45, 2.75) is 57.1 Å². The van der Waals surface area contributed by atoms with Gasteiger partial charge in [0.05, 0.1) is 29.7 Å². The van der Waals surface area contributed by atoms with Gasteiger partial charge in [-0.15, -0.1) is 6.58 Å². The number of carbonyl (C=O) groups is 1. The predicted molar refractivity (Wildman–Crippen MR) is 160 cm³/mol. The highest BCUT2D eigenvalue weighted by atomic mass is 35.5. The molecule has 2 fully saturated rings. The lowest BCUT2D eigenvalue weighted by Crippen LogP contribution is -2.62. The summed E-state index contributed by atoms with van der Waals surface area (Å²) >= 11 is 12.4. The lowest BCUT2D eigenvalue weighted by molar-refractivity contribution is -0.140. The number of amides is 1. The quantitative estimate of drug-likeness (QED) is 0.299. The van der Waals surface area contributed by atoms with Gasteiger partial charge in [-0.25, -0.2) is 0 Å². The molecule has 39 heavy (non-hydrogen) atoms. The van der Waals surface area contributed by atoms with Gasteiger partial charge in [0.25, 0.3) is 0 Å². The fourth-order valence-electron chi connectivity index (χ4n) is 6.78. The molecule has 1 aliphatic carbocycles. The third kappa shape index (κ3) is 6.65. The summed E-state index contributed by atoms with van der Waals surface area (Å²) in [6.07, 6.45) is 5.00. The number of nitrogens with zero attached hydrogens (tertiary/aromatic N) is 2. The highest BCUT2D eigenvalue weighted by Gasteiger charge is 2.53. The van der Waals surface area contributed by atoms with E-state index in [9.17, 15) is 4.79 Å². The van der Waals surface area contributed by atoms with Crippen molar-refractivity contribution in [2.75, 3.05) is 40.4 Å². The minimum absolute atomic E-state index is 0.0232. The Morgan fingerprint density at radius 1 is 1.21 bits per heavy atom. The summed E-state index contributed by atoms with van der Waals surface area (Å²) in [7, 11) is 3.54. The number of hydrogen-bond donors (Lipinski definition) is 0. The van der Waals surface area contributed by atoms with Gasteiger partial charge in [0.2, 0.25) is 5.91 Å². The second-order valence-corrected chi connectivity index (χ2v) is 12.3. The Kier molecular flexibility index (Phi) is 10.0. The van der Waals surface area contributed by atoms with E-state index in [-0.39, 0.29) is 23.5 Å². The molecule has 1 saturated heterocycles. The van der Waals surface area contributed by atoms with Crippen LogP contribution in [-0.4, -0.2) is 68.3 Å². The average molecular weight is 574 g/mol. The molecule has 0 aromatic heterocycles. The molecule has 0 spiro atoms. The number of fused-ring (bicyclic) bond motifs is 1. The van der Waals surface area contributed by atoms with Crippen molar-refractivity contribution >= 4 is 29.1 Å². The molecule has 2 aromatic carbocycles. The van der Waals surface area contributed by atoms with Crippen molar-refractivity contribution in [2.24, 2.45) is 11.8 Å². The van der Waals surface area contributed by atoms with Gasteiger partial charge in [-0.3, -0.25) is 9.69 Å². The third-order valence-corrected chi connectivity index (χ3v) is 9.33. The molecule has 4 rings (SSSR count). The minimum Gasteiger partial charge on any atom is -0.497 e. The molecule has 1 heterocycles. The maximum atomic E-state index is 13.9. The molecule has 1 saturated carbocycles. The van der Waals surface area contributed by atoms with Gasteiger partial charge >= 0.3 is 0 Å². The van der Waals surface area contributed by atoms with E-state index in [1.807, 2.05) is 25.3 Å². The Labute approximate surface area is 244 Å². The summed E-state index contributed by atoms with van der Waals surface area (Å²) in [5, 5.41) is 0.969. The number of methoxy groups -OCH3 is 2. The van der Waals surface area contributed by atoms with Crippen LogP contribution in [0.3, 0.4) is 0 Å². The molecule has 2 aromatic rings. The van der Waals surface area contributed by atoms with Crippen molar-refractivity contribution in [1.82, 2.24) is 9.80 Å². The first-order valence-electron chi connectivity index (χ1n) is 13.9. The van der Waals surface area contributed by atoms with Crippen LogP contribution in [0, 0.1) is 11.8 Å². The maximum absolute atomic E-state index is 13.9. The first kappa shape index (κ1) is 29.9. The van der Waals surface area contributed by atoms with Gasteiger partial charge in [-0.2, -0.15) is 0 Å². The van der Waals surface area contributed by atoms with Crippen LogP contribution in [0.15, 0.2) is 55.1 Å². The molecular formula is C32H42Cl2N2O3. The third-order valence-electron chi connectivity index (χ3n) is 8.59. The maximum Gasteiger partial charge on any atom is 0.227 e. The summed E-state index contributed by atoms with van der Waals surface area (Å²) in [6.45, 7) is 11.8. The Hall–Kier alpha value is -2.05. The Balaban J connectivity index is 1.71. The zero-order valence-corrected chi connectivity index (χ0v) is 25.2. The van der Waals surface area contributed by atoms with Crippen LogP contribution in [0.5, 0.6) is 5.75 Å². The van der Waals surface area contributed by atoms with E-state index in [4.69, 9.17) is 32.7 Å². The molecule has 7 heteroatoms. The van der Waals surface area contributed by atoms with Crippen LogP contribution in [0.4, 0.5) is 0 Å². The number of ether oxygens (including phenoxy) is 2. The molecule has 2 aliphatic rings. The van der Waals surface area contributed by atoms with Gasteiger partial charge in [-0.1, -0.05) is 61.3 Å². The second kappa shape index (κ2) is 13.1. The topological polar surface area (TPSA) is 42.0 Å². The van der Waals surface area contributed by atoms with Crippen molar-refractivity contribution in [3.05, 3.63) is 76.3 Å². The van der Waals surface area contributed by atoms with Crippen LogP contribution in [-0.2, 0) is 21.4 Å². The first-order chi connectivity index (χ1) is 18.7. The van der Waals surface area contributed by atoms with E-state index in [0.29, 0.717) is 34.8 Å². The first-order valence-corrected chi connectivity index (χ1v) is 14.7. The highest BCUT2D eigenvalue weighted by Crippen LogP contribution is 2.51. The van der Waals surface area contributed by atoms with Crippen molar-refractivity contribution in [1.29, 1.82) is 0 Å². The Morgan fingerprint density at radius 2 is 2.00 bits per heavy atom. The SMILES string of the molecule is C=CCN1CC[C@@]2(c3cccc(OC)c3)C[C@H](N(CC(C)C)C(=O)Cc3ccc(Cl)c(Cl)c3)CC(OC)[C@@H]2C1. The van der Waals surface area contributed by atoms with Crippen molar-refractivity contribution in [3.63, 3.8) is 0 Å². The normalized spacial score (nSPS) is 25.3. The van der Waals surface area contributed by atoms with Crippen molar-refractivity contribution in [3.8, 4) is 5.75 Å². The number of hydrogen-bond acceptors (Lipinski definition) is 4. The zero-order chi connectivity index (χ0) is 28.2. The van der Waals surface area contributed by atoms with Gasteiger partial charge < -0.3 is 14.4 Å². The van der Waals surface area contributed by atoms with E-state index in [0.717, 1.165) is 50.2 Å². The highest BCUT2D eigenvalue weighted by molar-refractivity contribution is 6.42. The molecule has 1 aliphatic heterocycles. The van der Waals surface area contributed by atoms with Crippen LogP contribution in [0.25, 0.3) is 0 Å². The summed E-state index contributed by atoms with van der Waals surface area (Å²) in [6, 6.07) is 14.0. The number of rotatable bonds is 10. The number of likely N-dealkylation sites (tertiary alicyclic amines) is 1. The smallest absolute Gasteiger partial charge is 0.227 e. The summed E-state index contributed by atoms with van der Waals surface area (Å²) < 4.78 is 11.9. The van der Waals surface area contributed by atoms with Crippen LogP contribution < -0.4 is 4.74 Å². The number of halogens is 2. The second-order valence-electron chi connectivity index (χ2n) is 11.5. The van der Waals surface area contributed by atoms with Crippen molar-refractivity contribution < 1.29 is 14.3 Å². The molecule has 1 amide bonds. The van der Waals surface area contributed by atoms with E-state index < -0.39 is 0 Å². The van der Waals surface area contributed by atoms with Crippen LogP contribution in [0.2, 0.25) is 10.0 Å². The summed E-state index contributed by atoms with van der Waals surface area (Å²) in [5.41, 5.74) is 2.02. The largest absolute Gasteiger partial charge is 0.497 e. The summed E-state index contributed by atoms with van der Waals surface area (Å²) in [4.78, 5) is 18.5. The molecule has 0 bridgehead atoms. The molecule has 1 unspecified atom stereocenters. The minimum atomic E-state index is -0.130. The average Bonchev–Trinajstić information content (AvgIpc) is 2.93. The van der Waals surface area contributed by atoms with Crippen LogP contribution in [0.1, 0.15) is 44.2 Å². The predicted octanol–water partition coefficient (Wildman–Crippen LogP) is 6.65. The molecule has 0 radical (unpaired) electrons. The monoisotopic (exact) mass is 572 g/mol. The van der Waals surface area contributed by atoms with E-state index in [1.54, 1.807) is 19.2 Å². The summed E-state index contributed by atoms with van der Waals surface area (Å²) in [5.74, 6) is 1.61. The van der Waals surface area contributed by atoms with E-state index >= 15 is 0 Å². The van der Waals surface area contributed by atoms with E-state index in [1.165, 1.54) is 5.56 Å². The lowest BCUT2D eigenvalue weighted by Gasteiger charge is -2.57. The Bertz CT molecular complexity index is 1160. The number of piperidine rings is 1. The molecule has 0 N–H and O–H groups in total. The van der Waals surface area contributed by atoms with Gasteiger partial charge in [0, 0.05) is 44.1 Å². The number of benzene rings is 2. The standard InChI is InChI=1S/C32H42Cl2N2O3/c1-6-13-35-14-12-32(24-8-7-9-26(17-24)38-4)19-25(18-30(39-5)27(32)21-35)36(20-22(2)3)31(37)16-23-10-11-28(33)29(34)15-23/h6-11,15,17,22,25,27,30H,1,12-14,16,18-21H2,2-5H3/t25-,27+,30?,32+/m1/s1. The number of carbonyl (C=O) groups excluding carboxylic acids is 1. The molecule has 5 nitrogen and oxygen atoms in total. The fraction of sp³-hybridized carbons (Fsp3) is 0.531. The van der Waals surface area contributed by atoms with E-state index in [2.05, 4.69) is 48.4 Å². The lowest BCUT2D eigenvalue weighted by atomic mass is 9.56. The van der Waals surface area contributed by atoms with Gasteiger partial charge in [0.15, 0.2) is 0 Å².